The molecule has 2 fully saturated rings. The first-order valence-corrected chi connectivity index (χ1v) is 8.13. The highest BCUT2D eigenvalue weighted by molar-refractivity contribution is 4.84. The molecular weight excluding hydrogens is 236 g/mol. The van der Waals surface area contributed by atoms with Gasteiger partial charge in [-0.3, -0.25) is 0 Å². The highest BCUT2D eigenvalue weighted by Gasteiger charge is 2.29. The monoisotopic (exact) mass is 268 g/mol. The Hall–Kier alpha value is -0.120. The number of ether oxygens (including phenoxy) is 1. The average molecular weight is 268 g/mol. The molecular formula is C16H32N2O. The van der Waals surface area contributed by atoms with Gasteiger partial charge in [0.1, 0.15) is 0 Å². The van der Waals surface area contributed by atoms with Crippen molar-refractivity contribution >= 4 is 0 Å². The third-order valence-corrected chi connectivity index (χ3v) is 4.46. The van der Waals surface area contributed by atoms with Crippen LogP contribution in [0.15, 0.2) is 0 Å². The van der Waals surface area contributed by atoms with Crippen LogP contribution in [0.1, 0.15) is 52.9 Å². The molecule has 2 rings (SSSR count). The average Bonchev–Trinajstić information content (AvgIpc) is 3.06. The van der Waals surface area contributed by atoms with Crippen LogP contribution in [-0.4, -0.2) is 49.3 Å². The highest BCUT2D eigenvalue weighted by atomic mass is 16.5. The van der Waals surface area contributed by atoms with Crippen molar-refractivity contribution in [3.8, 4) is 0 Å². The summed E-state index contributed by atoms with van der Waals surface area (Å²) >= 11 is 0. The molecule has 0 aromatic carbocycles. The number of likely N-dealkylation sites (N-methyl/N-ethyl adjacent to an activating group) is 1. The molecule has 0 spiro atoms. The molecule has 0 aromatic heterocycles. The van der Waals surface area contributed by atoms with Crippen molar-refractivity contribution in [1.29, 1.82) is 0 Å². The maximum absolute atomic E-state index is 6.16. The molecule has 3 heteroatoms. The van der Waals surface area contributed by atoms with Gasteiger partial charge in [0, 0.05) is 25.2 Å². The number of nitrogens with one attached hydrogen (secondary N) is 1. The number of hydrogen-bond acceptors (Lipinski definition) is 3. The first-order valence-electron chi connectivity index (χ1n) is 8.13. The molecule has 1 saturated carbocycles. The van der Waals surface area contributed by atoms with Gasteiger partial charge in [-0.1, -0.05) is 13.8 Å². The van der Waals surface area contributed by atoms with Gasteiger partial charge >= 0.3 is 0 Å². The van der Waals surface area contributed by atoms with E-state index in [1.54, 1.807) is 0 Å². The minimum Gasteiger partial charge on any atom is -0.372 e. The Balaban J connectivity index is 1.62. The first-order chi connectivity index (χ1) is 9.04. The molecule has 112 valence electrons. The molecule has 0 bridgehead atoms. The van der Waals surface area contributed by atoms with Gasteiger partial charge < -0.3 is 15.0 Å². The Kier molecular flexibility index (Phi) is 5.67. The summed E-state index contributed by atoms with van der Waals surface area (Å²) in [5.41, 5.74) is 0. The number of nitrogens with zero attached hydrogens (tertiary/aromatic N) is 1. The van der Waals surface area contributed by atoms with Crippen LogP contribution in [0, 0.1) is 5.92 Å². The van der Waals surface area contributed by atoms with E-state index in [0.29, 0.717) is 18.2 Å². The molecule has 2 aliphatic rings. The van der Waals surface area contributed by atoms with Crippen molar-refractivity contribution < 1.29 is 4.74 Å². The van der Waals surface area contributed by atoms with Crippen LogP contribution in [0.25, 0.3) is 0 Å². The zero-order chi connectivity index (χ0) is 13.8. The molecule has 3 nitrogen and oxygen atoms in total. The van der Waals surface area contributed by atoms with E-state index in [9.17, 15) is 0 Å². The lowest BCUT2D eigenvalue weighted by Crippen LogP contribution is -2.37. The van der Waals surface area contributed by atoms with Gasteiger partial charge in [-0.2, -0.15) is 0 Å². The lowest BCUT2D eigenvalue weighted by atomic mass is 10.0. The Morgan fingerprint density at radius 3 is 2.42 bits per heavy atom. The lowest BCUT2D eigenvalue weighted by Gasteiger charge is -2.28. The van der Waals surface area contributed by atoms with Crippen LogP contribution in [0.5, 0.6) is 0 Å². The Labute approximate surface area is 119 Å². The molecule has 3 atom stereocenters. The molecule has 3 unspecified atom stereocenters. The zero-order valence-electron chi connectivity index (χ0n) is 13.2. The van der Waals surface area contributed by atoms with Gasteiger partial charge in [-0.15, -0.1) is 0 Å². The fraction of sp³-hybridized carbons (Fsp3) is 1.00. The molecule has 1 heterocycles. The predicted molar refractivity (Wildman–Crippen MR) is 80.5 cm³/mol. The number of hydrogen-bond donors (Lipinski definition) is 1. The second-order valence-corrected chi connectivity index (χ2v) is 7.06. The molecule has 1 N–H and O–H groups in total. The maximum Gasteiger partial charge on any atom is 0.0707 e. The van der Waals surface area contributed by atoms with E-state index in [2.05, 4.69) is 38.0 Å². The fourth-order valence-corrected chi connectivity index (χ4v) is 3.01. The van der Waals surface area contributed by atoms with Crippen molar-refractivity contribution in [3.05, 3.63) is 0 Å². The predicted octanol–water partition coefficient (Wildman–Crippen LogP) is 2.65. The Morgan fingerprint density at radius 2 is 1.79 bits per heavy atom. The van der Waals surface area contributed by atoms with Crippen LogP contribution in [0.2, 0.25) is 0 Å². The molecule has 1 saturated heterocycles. The first kappa shape index (κ1) is 15.3. The van der Waals surface area contributed by atoms with Crippen LogP contribution in [0.4, 0.5) is 0 Å². The van der Waals surface area contributed by atoms with Gasteiger partial charge in [-0.05, 0) is 52.0 Å². The SMILES string of the molecule is CC(C)CC(C)N(C)CC1CCC(CNC2CC2)O1. The van der Waals surface area contributed by atoms with Crippen molar-refractivity contribution in [3.63, 3.8) is 0 Å². The van der Waals surface area contributed by atoms with E-state index >= 15 is 0 Å². The van der Waals surface area contributed by atoms with Crippen molar-refractivity contribution in [1.82, 2.24) is 10.2 Å². The largest absolute Gasteiger partial charge is 0.372 e. The molecule has 1 aliphatic heterocycles. The third-order valence-electron chi connectivity index (χ3n) is 4.46. The summed E-state index contributed by atoms with van der Waals surface area (Å²) in [5, 5.41) is 3.58. The smallest absolute Gasteiger partial charge is 0.0707 e. The summed E-state index contributed by atoms with van der Waals surface area (Å²) in [6.45, 7) is 9.09. The van der Waals surface area contributed by atoms with Crippen molar-refractivity contribution in [2.75, 3.05) is 20.1 Å². The van der Waals surface area contributed by atoms with Crippen LogP contribution < -0.4 is 5.32 Å². The van der Waals surface area contributed by atoms with Gasteiger partial charge in [0.2, 0.25) is 0 Å². The summed E-state index contributed by atoms with van der Waals surface area (Å²) in [4.78, 5) is 2.47. The van der Waals surface area contributed by atoms with Crippen molar-refractivity contribution in [2.45, 2.75) is 77.2 Å². The van der Waals surface area contributed by atoms with Gasteiger partial charge in [-0.25, -0.2) is 0 Å². The standard InChI is InChI=1S/C16H32N2O/c1-12(2)9-13(3)18(4)11-16-8-7-15(19-16)10-17-14-5-6-14/h12-17H,5-11H2,1-4H3. The van der Waals surface area contributed by atoms with E-state index in [0.717, 1.165) is 25.0 Å². The van der Waals surface area contributed by atoms with E-state index in [1.807, 2.05) is 0 Å². The van der Waals surface area contributed by atoms with Crippen molar-refractivity contribution in [2.24, 2.45) is 5.92 Å². The minimum atomic E-state index is 0.450. The summed E-state index contributed by atoms with van der Waals surface area (Å²) in [7, 11) is 2.24. The quantitative estimate of drug-likeness (QED) is 0.732. The second kappa shape index (κ2) is 7.05. The maximum atomic E-state index is 6.16. The highest BCUT2D eigenvalue weighted by Crippen LogP contribution is 2.23. The Morgan fingerprint density at radius 1 is 1.11 bits per heavy atom. The summed E-state index contributed by atoms with van der Waals surface area (Å²) in [5.74, 6) is 0.775. The number of rotatable bonds is 8. The summed E-state index contributed by atoms with van der Waals surface area (Å²) in [6, 6.07) is 1.46. The molecule has 0 aromatic rings. The summed E-state index contributed by atoms with van der Waals surface area (Å²) in [6.07, 6.45) is 7.38. The lowest BCUT2D eigenvalue weighted by molar-refractivity contribution is 0.0202. The molecule has 1 aliphatic carbocycles. The van der Waals surface area contributed by atoms with E-state index in [-0.39, 0.29) is 0 Å². The van der Waals surface area contributed by atoms with E-state index in [1.165, 1.54) is 32.1 Å². The van der Waals surface area contributed by atoms with Gasteiger partial charge in [0.05, 0.1) is 12.2 Å². The summed E-state index contributed by atoms with van der Waals surface area (Å²) < 4.78 is 6.16. The topological polar surface area (TPSA) is 24.5 Å². The van der Waals surface area contributed by atoms with E-state index in [4.69, 9.17) is 4.74 Å². The van der Waals surface area contributed by atoms with Crippen LogP contribution in [-0.2, 0) is 4.74 Å². The van der Waals surface area contributed by atoms with Crippen LogP contribution in [0.3, 0.4) is 0 Å². The van der Waals surface area contributed by atoms with Crippen LogP contribution >= 0.6 is 0 Å². The van der Waals surface area contributed by atoms with Gasteiger partial charge in [0.15, 0.2) is 0 Å². The second-order valence-electron chi connectivity index (χ2n) is 7.06. The Bertz CT molecular complexity index is 265. The fourth-order valence-electron chi connectivity index (χ4n) is 3.01. The zero-order valence-corrected chi connectivity index (χ0v) is 13.2. The molecule has 0 radical (unpaired) electrons. The van der Waals surface area contributed by atoms with E-state index < -0.39 is 0 Å². The molecule has 19 heavy (non-hydrogen) atoms. The third kappa shape index (κ3) is 5.41. The van der Waals surface area contributed by atoms with Gasteiger partial charge in [0.25, 0.3) is 0 Å². The normalized spacial score (nSPS) is 29.4. The minimum absolute atomic E-state index is 0.450. The molecule has 0 amide bonds.